The third kappa shape index (κ3) is 4.01. The van der Waals surface area contributed by atoms with Gasteiger partial charge in [-0.3, -0.25) is 9.59 Å². The Kier molecular flexibility index (Phi) is 5.33. The predicted octanol–water partition coefficient (Wildman–Crippen LogP) is 2.26. The van der Waals surface area contributed by atoms with Crippen LogP contribution in [0.25, 0.3) is 16.8 Å². The van der Waals surface area contributed by atoms with E-state index in [-0.39, 0.29) is 24.1 Å². The maximum absolute atomic E-state index is 12.8. The second-order valence-electron chi connectivity index (χ2n) is 7.62. The SMILES string of the molecule is COc1ccc(-c2cc3c(=O)n(CC(=O)N[C@@H]4CCCC[C@H]4C)ncn3n2)cc1. The number of aromatic nitrogens is 4. The van der Waals surface area contributed by atoms with Crippen molar-refractivity contribution in [3.05, 3.63) is 47.0 Å². The first kappa shape index (κ1) is 19.2. The lowest BCUT2D eigenvalue weighted by Gasteiger charge is -2.29. The molecule has 2 heterocycles. The smallest absolute Gasteiger partial charge is 0.293 e. The van der Waals surface area contributed by atoms with Gasteiger partial charge in [-0.25, -0.2) is 9.20 Å². The summed E-state index contributed by atoms with van der Waals surface area (Å²) in [6, 6.07) is 9.33. The molecule has 1 aliphatic rings. The maximum atomic E-state index is 12.8. The summed E-state index contributed by atoms with van der Waals surface area (Å²) in [5.41, 5.74) is 1.56. The monoisotopic (exact) mass is 395 g/mol. The Bertz CT molecular complexity index is 1070. The first-order valence-electron chi connectivity index (χ1n) is 9.94. The van der Waals surface area contributed by atoms with Crippen molar-refractivity contribution < 1.29 is 9.53 Å². The molecule has 3 aromatic rings. The van der Waals surface area contributed by atoms with Crippen LogP contribution in [0.1, 0.15) is 32.6 Å². The van der Waals surface area contributed by atoms with Crippen LogP contribution < -0.4 is 15.6 Å². The molecule has 0 aliphatic heterocycles. The summed E-state index contributed by atoms with van der Waals surface area (Å²) in [6.45, 7) is 2.06. The van der Waals surface area contributed by atoms with Crippen molar-refractivity contribution in [2.45, 2.75) is 45.2 Å². The van der Waals surface area contributed by atoms with Gasteiger partial charge in [0, 0.05) is 11.6 Å². The molecule has 8 heteroatoms. The van der Waals surface area contributed by atoms with Crippen LogP contribution in [-0.4, -0.2) is 38.5 Å². The zero-order chi connectivity index (χ0) is 20.4. The predicted molar refractivity (Wildman–Crippen MR) is 109 cm³/mol. The van der Waals surface area contributed by atoms with Crippen LogP contribution in [0, 0.1) is 5.92 Å². The summed E-state index contributed by atoms with van der Waals surface area (Å²) in [4.78, 5) is 25.3. The molecule has 1 aromatic carbocycles. The van der Waals surface area contributed by atoms with Gasteiger partial charge in [-0.2, -0.15) is 10.2 Å². The Hall–Kier alpha value is -3.16. The van der Waals surface area contributed by atoms with Gasteiger partial charge in [-0.15, -0.1) is 0 Å². The van der Waals surface area contributed by atoms with Gasteiger partial charge in [-0.1, -0.05) is 19.8 Å². The average molecular weight is 395 g/mol. The number of amides is 1. The molecule has 2 atom stereocenters. The summed E-state index contributed by atoms with van der Waals surface area (Å²) >= 11 is 0. The lowest BCUT2D eigenvalue weighted by atomic mass is 9.86. The standard InChI is InChI=1S/C21H25N5O3/c1-14-5-3-4-6-17(14)23-20(27)12-25-21(28)19-11-18(24-26(19)13-22-25)15-7-9-16(29-2)10-8-15/h7-11,13-14,17H,3-6,12H2,1-2H3,(H,23,27)/t14-,17-/m1/s1. The van der Waals surface area contributed by atoms with E-state index in [4.69, 9.17) is 4.74 Å². The van der Waals surface area contributed by atoms with Crippen LogP contribution in [0.3, 0.4) is 0 Å². The number of nitrogens with one attached hydrogen (secondary N) is 1. The molecule has 4 rings (SSSR count). The zero-order valence-corrected chi connectivity index (χ0v) is 16.7. The third-order valence-electron chi connectivity index (χ3n) is 5.63. The van der Waals surface area contributed by atoms with Crippen LogP contribution in [-0.2, 0) is 11.3 Å². The first-order chi connectivity index (χ1) is 14.0. The molecule has 1 aliphatic carbocycles. The Morgan fingerprint density at radius 2 is 2.00 bits per heavy atom. The Morgan fingerprint density at radius 3 is 2.72 bits per heavy atom. The molecule has 0 spiro atoms. The zero-order valence-electron chi connectivity index (χ0n) is 16.7. The van der Waals surface area contributed by atoms with Crippen LogP contribution in [0.5, 0.6) is 5.75 Å². The number of fused-ring (bicyclic) bond motifs is 1. The molecule has 8 nitrogen and oxygen atoms in total. The highest BCUT2D eigenvalue weighted by Crippen LogP contribution is 2.24. The van der Waals surface area contributed by atoms with E-state index in [9.17, 15) is 9.59 Å². The van der Waals surface area contributed by atoms with Gasteiger partial charge in [0.1, 0.15) is 24.1 Å². The molecule has 152 valence electrons. The van der Waals surface area contributed by atoms with Gasteiger partial charge < -0.3 is 10.1 Å². The summed E-state index contributed by atoms with van der Waals surface area (Å²) in [5.74, 6) is 1.03. The highest BCUT2D eigenvalue weighted by Gasteiger charge is 2.23. The molecule has 1 amide bonds. The largest absolute Gasteiger partial charge is 0.497 e. The third-order valence-corrected chi connectivity index (χ3v) is 5.63. The number of rotatable bonds is 5. The molecule has 0 bridgehead atoms. The molecular weight excluding hydrogens is 370 g/mol. The lowest BCUT2D eigenvalue weighted by molar-refractivity contribution is -0.123. The van der Waals surface area contributed by atoms with E-state index in [1.807, 2.05) is 24.3 Å². The van der Waals surface area contributed by atoms with Crippen LogP contribution in [0.4, 0.5) is 0 Å². The van der Waals surface area contributed by atoms with Crippen LogP contribution >= 0.6 is 0 Å². The van der Waals surface area contributed by atoms with Crippen LogP contribution in [0.2, 0.25) is 0 Å². The average Bonchev–Trinajstić information content (AvgIpc) is 3.17. The molecule has 0 radical (unpaired) electrons. The lowest BCUT2D eigenvalue weighted by Crippen LogP contribution is -2.44. The Morgan fingerprint density at radius 1 is 1.24 bits per heavy atom. The number of carbonyl (C=O) groups excluding carboxylic acids is 1. The van der Waals surface area contributed by atoms with Crippen LogP contribution in [0.15, 0.2) is 41.5 Å². The van der Waals surface area contributed by atoms with Crippen molar-refractivity contribution in [1.82, 2.24) is 24.7 Å². The van der Waals surface area contributed by atoms with E-state index >= 15 is 0 Å². The minimum Gasteiger partial charge on any atom is -0.497 e. The van der Waals surface area contributed by atoms with Crippen molar-refractivity contribution in [3.63, 3.8) is 0 Å². The normalized spacial score (nSPS) is 19.2. The summed E-state index contributed by atoms with van der Waals surface area (Å²) in [6.07, 6.45) is 5.91. The molecule has 29 heavy (non-hydrogen) atoms. The molecule has 1 fully saturated rings. The van der Waals surface area contributed by atoms with E-state index in [0.29, 0.717) is 17.1 Å². The van der Waals surface area contributed by atoms with Gasteiger partial charge in [0.2, 0.25) is 5.91 Å². The fourth-order valence-electron chi connectivity index (χ4n) is 3.87. The molecular formula is C21H25N5O3. The Balaban J connectivity index is 1.54. The number of ether oxygens (including phenoxy) is 1. The quantitative estimate of drug-likeness (QED) is 0.716. The summed E-state index contributed by atoms with van der Waals surface area (Å²) < 4.78 is 7.81. The van der Waals surface area contributed by atoms with Crippen molar-refractivity contribution in [1.29, 1.82) is 0 Å². The number of hydrogen-bond acceptors (Lipinski definition) is 5. The highest BCUT2D eigenvalue weighted by atomic mass is 16.5. The second kappa shape index (κ2) is 8.06. The van der Waals surface area contributed by atoms with Gasteiger partial charge in [0.25, 0.3) is 5.56 Å². The minimum absolute atomic E-state index is 0.0956. The fraction of sp³-hybridized carbons (Fsp3) is 0.429. The number of nitrogens with zero attached hydrogens (tertiary/aromatic N) is 4. The molecule has 0 unspecified atom stereocenters. The highest BCUT2D eigenvalue weighted by molar-refractivity contribution is 5.76. The Labute approximate surface area is 168 Å². The fourth-order valence-corrected chi connectivity index (χ4v) is 3.87. The minimum atomic E-state index is -0.341. The number of hydrogen-bond donors (Lipinski definition) is 1. The number of methoxy groups -OCH3 is 1. The van der Waals surface area contributed by atoms with Crippen molar-refractivity contribution in [3.8, 4) is 17.0 Å². The molecule has 1 N–H and O–H groups in total. The second-order valence-corrected chi connectivity index (χ2v) is 7.62. The van der Waals surface area contributed by atoms with Gasteiger partial charge in [0.15, 0.2) is 0 Å². The molecule has 2 aromatic heterocycles. The number of carbonyl (C=O) groups is 1. The summed E-state index contributed by atoms with van der Waals surface area (Å²) in [7, 11) is 1.61. The van der Waals surface area contributed by atoms with Crippen molar-refractivity contribution in [2.24, 2.45) is 5.92 Å². The van der Waals surface area contributed by atoms with E-state index < -0.39 is 0 Å². The molecule has 0 saturated heterocycles. The number of benzene rings is 1. The van der Waals surface area contributed by atoms with E-state index in [0.717, 1.165) is 30.6 Å². The summed E-state index contributed by atoms with van der Waals surface area (Å²) in [5, 5.41) is 11.6. The maximum Gasteiger partial charge on any atom is 0.293 e. The van der Waals surface area contributed by atoms with E-state index in [2.05, 4.69) is 22.4 Å². The van der Waals surface area contributed by atoms with Crippen molar-refractivity contribution in [2.75, 3.05) is 7.11 Å². The van der Waals surface area contributed by atoms with Gasteiger partial charge in [0.05, 0.1) is 12.8 Å². The van der Waals surface area contributed by atoms with E-state index in [1.165, 1.54) is 21.9 Å². The van der Waals surface area contributed by atoms with Gasteiger partial charge in [-0.05, 0) is 49.1 Å². The first-order valence-corrected chi connectivity index (χ1v) is 9.94. The van der Waals surface area contributed by atoms with E-state index in [1.54, 1.807) is 13.2 Å². The topological polar surface area (TPSA) is 90.5 Å². The van der Waals surface area contributed by atoms with Gasteiger partial charge >= 0.3 is 0 Å². The molecule has 1 saturated carbocycles. The van der Waals surface area contributed by atoms with Crippen molar-refractivity contribution >= 4 is 11.4 Å².